The smallest absolute Gasteiger partial charge is 0.240 e. The highest BCUT2D eigenvalue weighted by atomic mass is 32.2. The summed E-state index contributed by atoms with van der Waals surface area (Å²) in [6.45, 7) is 6.20. The number of thioether (sulfide) groups is 1. The molecule has 0 saturated carbocycles. The normalized spacial score (nSPS) is 24.6. The first-order valence-electron chi connectivity index (χ1n) is 6.32. The quantitative estimate of drug-likeness (QED) is 0.665. The van der Waals surface area contributed by atoms with Crippen molar-refractivity contribution in [3.63, 3.8) is 0 Å². The van der Waals surface area contributed by atoms with Gasteiger partial charge in [-0.3, -0.25) is 9.69 Å². The second-order valence-corrected chi connectivity index (χ2v) is 5.82. The zero-order valence-electron chi connectivity index (χ0n) is 10.2. The number of carbonyl (C=O) groups excluding carboxylic acids is 1. The fourth-order valence-corrected chi connectivity index (χ4v) is 3.24. The van der Waals surface area contributed by atoms with Crippen LogP contribution in [0.3, 0.4) is 0 Å². The van der Waals surface area contributed by atoms with Crippen LogP contribution in [0.1, 0.15) is 0 Å². The average Bonchev–Trinajstić information content (AvgIpc) is 2.40. The van der Waals surface area contributed by atoms with Crippen molar-refractivity contribution >= 4 is 17.7 Å². The lowest BCUT2D eigenvalue weighted by Gasteiger charge is -2.33. The summed E-state index contributed by atoms with van der Waals surface area (Å²) in [5.74, 6) is 2.44. The monoisotopic (exact) mass is 258 g/mol. The van der Waals surface area contributed by atoms with Crippen LogP contribution in [-0.2, 0) is 4.79 Å². The Kier molecular flexibility index (Phi) is 5.09. The highest BCUT2D eigenvalue weighted by molar-refractivity contribution is 7.99. The van der Waals surface area contributed by atoms with E-state index in [9.17, 15) is 4.79 Å². The minimum Gasteiger partial charge on any atom is -0.339 e. The Labute approximate surface area is 107 Å². The van der Waals surface area contributed by atoms with Gasteiger partial charge in [-0.2, -0.15) is 11.8 Å². The lowest BCUT2D eigenvalue weighted by Crippen LogP contribution is -2.55. The van der Waals surface area contributed by atoms with Gasteiger partial charge in [-0.05, 0) is 0 Å². The van der Waals surface area contributed by atoms with E-state index in [0.717, 1.165) is 50.8 Å². The topological polar surface area (TPSA) is 61.6 Å². The Bertz CT molecular complexity index is 252. The van der Waals surface area contributed by atoms with Gasteiger partial charge in [0.1, 0.15) is 0 Å². The third-order valence-corrected chi connectivity index (χ3v) is 4.25. The van der Waals surface area contributed by atoms with Gasteiger partial charge in [-0.25, -0.2) is 0 Å². The molecule has 0 radical (unpaired) electrons. The number of nitrogens with zero attached hydrogens (tertiary/aromatic N) is 2. The van der Waals surface area contributed by atoms with Crippen LogP contribution in [0.15, 0.2) is 0 Å². The van der Waals surface area contributed by atoms with E-state index in [4.69, 9.17) is 5.73 Å². The third kappa shape index (κ3) is 3.84. The predicted octanol–water partition coefficient (Wildman–Crippen LogP) is -1.21. The number of nitrogens with one attached hydrogen (secondary N) is 1. The summed E-state index contributed by atoms with van der Waals surface area (Å²) in [5.41, 5.74) is 6.02. The van der Waals surface area contributed by atoms with Crippen LogP contribution in [0.25, 0.3) is 0 Å². The minimum absolute atomic E-state index is 0.115. The molecule has 6 heteroatoms. The second-order valence-electron chi connectivity index (χ2n) is 4.59. The van der Waals surface area contributed by atoms with Gasteiger partial charge in [0.15, 0.2) is 0 Å². The number of piperazine rings is 1. The molecule has 3 N–H and O–H groups in total. The Morgan fingerprint density at radius 1 is 1.24 bits per heavy atom. The molecule has 2 fully saturated rings. The molecule has 2 rings (SSSR count). The Morgan fingerprint density at radius 3 is 2.53 bits per heavy atom. The first kappa shape index (κ1) is 13.1. The van der Waals surface area contributed by atoms with Crippen molar-refractivity contribution in [2.75, 3.05) is 57.3 Å². The maximum absolute atomic E-state index is 12.1. The van der Waals surface area contributed by atoms with Gasteiger partial charge < -0.3 is 16.0 Å². The lowest BCUT2D eigenvalue weighted by molar-refractivity contribution is -0.133. The van der Waals surface area contributed by atoms with Crippen LogP contribution >= 0.6 is 11.8 Å². The molecular formula is C11H22N4OS. The second kappa shape index (κ2) is 6.58. The molecule has 0 spiro atoms. The maximum Gasteiger partial charge on any atom is 0.240 e. The molecule has 0 aromatic carbocycles. The summed E-state index contributed by atoms with van der Waals surface area (Å²) >= 11 is 1.98. The van der Waals surface area contributed by atoms with Crippen molar-refractivity contribution in [3.05, 3.63) is 0 Å². The number of nitrogens with two attached hydrogens (primary N) is 1. The molecule has 17 heavy (non-hydrogen) atoms. The molecule has 2 heterocycles. The van der Waals surface area contributed by atoms with Gasteiger partial charge in [0, 0.05) is 57.3 Å². The Hall–Kier alpha value is -0.300. The van der Waals surface area contributed by atoms with E-state index < -0.39 is 0 Å². The number of carbonyl (C=O) groups is 1. The number of hydrogen-bond donors (Lipinski definition) is 2. The van der Waals surface area contributed by atoms with Crippen LogP contribution in [0.5, 0.6) is 0 Å². The van der Waals surface area contributed by atoms with Gasteiger partial charge in [0.25, 0.3) is 0 Å². The first-order chi connectivity index (χ1) is 8.27. The van der Waals surface area contributed by atoms with Crippen molar-refractivity contribution in [1.29, 1.82) is 0 Å². The van der Waals surface area contributed by atoms with Crippen molar-refractivity contribution in [3.8, 4) is 0 Å². The van der Waals surface area contributed by atoms with Gasteiger partial charge >= 0.3 is 0 Å². The van der Waals surface area contributed by atoms with E-state index in [2.05, 4.69) is 10.2 Å². The fraction of sp³-hybridized carbons (Fsp3) is 0.909. The molecule has 0 aromatic heterocycles. The lowest BCUT2D eigenvalue weighted by atomic mass is 10.2. The summed E-state index contributed by atoms with van der Waals surface area (Å²) in [6, 6.07) is -0.351. The zero-order chi connectivity index (χ0) is 12.1. The highest BCUT2D eigenvalue weighted by Gasteiger charge is 2.24. The summed E-state index contributed by atoms with van der Waals surface area (Å²) in [4.78, 5) is 16.3. The molecule has 1 atom stereocenters. The molecule has 0 aliphatic carbocycles. The van der Waals surface area contributed by atoms with Gasteiger partial charge in [0.2, 0.25) is 5.91 Å². The minimum atomic E-state index is -0.351. The van der Waals surface area contributed by atoms with Crippen molar-refractivity contribution in [2.24, 2.45) is 5.73 Å². The van der Waals surface area contributed by atoms with Gasteiger partial charge in [0.05, 0.1) is 6.04 Å². The first-order valence-corrected chi connectivity index (χ1v) is 7.48. The number of rotatable bonds is 3. The van der Waals surface area contributed by atoms with Crippen molar-refractivity contribution in [2.45, 2.75) is 6.04 Å². The highest BCUT2D eigenvalue weighted by Crippen LogP contribution is 2.09. The van der Waals surface area contributed by atoms with Crippen LogP contribution in [0, 0.1) is 0 Å². The standard InChI is InChI=1S/C11H22N4OS/c12-10(9-14-5-7-17-8-6-14)11(16)15-3-1-13-2-4-15/h10,13H,1-9,12H2. The maximum atomic E-state index is 12.1. The van der Waals surface area contributed by atoms with Crippen LogP contribution in [0.4, 0.5) is 0 Å². The van der Waals surface area contributed by atoms with E-state index in [0.29, 0.717) is 6.54 Å². The van der Waals surface area contributed by atoms with Crippen LogP contribution in [-0.4, -0.2) is 79.1 Å². The van der Waals surface area contributed by atoms with E-state index in [-0.39, 0.29) is 11.9 Å². The summed E-state index contributed by atoms with van der Waals surface area (Å²) in [5, 5.41) is 3.24. The SMILES string of the molecule is NC(CN1CCSCC1)C(=O)N1CCNCC1. The number of amides is 1. The molecule has 1 unspecified atom stereocenters. The number of hydrogen-bond acceptors (Lipinski definition) is 5. The van der Waals surface area contributed by atoms with Crippen molar-refractivity contribution < 1.29 is 4.79 Å². The molecule has 98 valence electrons. The molecule has 2 aliphatic heterocycles. The summed E-state index contributed by atoms with van der Waals surface area (Å²) < 4.78 is 0. The molecule has 2 aliphatic rings. The van der Waals surface area contributed by atoms with Crippen LogP contribution < -0.4 is 11.1 Å². The Balaban J connectivity index is 1.77. The van der Waals surface area contributed by atoms with Crippen molar-refractivity contribution in [1.82, 2.24) is 15.1 Å². The van der Waals surface area contributed by atoms with Gasteiger partial charge in [-0.15, -0.1) is 0 Å². The molecule has 0 aromatic rings. The van der Waals surface area contributed by atoms with Crippen LogP contribution in [0.2, 0.25) is 0 Å². The molecule has 2 saturated heterocycles. The van der Waals surface area contributed by atoms with E-state index in [1.54, 1.807) is 0 Å². The molecule has 0 bridgehead atoms. The van der Waals surface area contributed by atoms with E-state index >= 15 is 0 Å². The molecular weight excluding hydrogens is 236 g/mol. The summed E-state index contributed by atoms with van der Waals surface area (Å²) in [7, 11) is 0. The fourth-order valence-electron chi connectivity index (χ4n) is 2.26. The van der Waals surface area contributed by atoms with E-state index in [1.807, 2.05) is 16.7 Å². The summed E-state index contributed by atoms with van der Waals surface area (Å²) in [6.07, 6.45) is 0. The third-order valence-electron chi connectivity index (χ3n) is 3.30. The Morgan fingerprint density at radius 2 is 1.88 bits per heavy atom. The average molecular weight is 258 g/mol. The van der Waals surface area contributed by atoms with Gasteiger partial charge in [-0.1, -0.05) is 0 Å². The molecule has 5 nitrogen and oxygen atoms in total. The van der Waals surface area contributed by atoms with E-state index in [1.165, 1.54) is 0 Å². The largest absolute Gasteiger partial charge is 0.339 e. The zero-order valence-corrected chi connectivity index (χ0v) is 11.0. The predicted molar refractivity (Wildman–Crippen MR) is 71.2 cm³/mol. The molecule has 1 amide bonds.